The third-order valence-electron chi connectivity index (χ3n) is 5.68. The molecule has 0 spiro atoms. The van der Waals surface area contributed by atoms with Gasteiger partial charge in [-0.1, -0.05) is 24.3 Å². The van der Waals surface area contributed by atoms with Crippen LogP contribution in [0.25, 0.3) is 10.9 Å². The van der Waals surface area contributed by atoms with Crippen LogP contribution in [0.1, 0.15) is 30.9 Å². The predicted molar refractivity (Wildman–Crippen MR) is 88.5 cm³/mol. The molecule has 4 heterocycles. The fourth-order valence-electron chi connectivity index (χ4n) is 4.23. The maximum absolute atomic E-state index is 11.1. The molecule has 0 aliphatic carbocycles. The Morgan fingerprint density at radius 2 is 2.05 bits per heavy atom. The zero-order valence-electron chi connectivity index (χ0n) is 12.8. The number of rotatable bonds is 3. The first kappa shape index (κ1) is 13.9. The van der Waals surface area contributed by atoms with Crippen molar-refractivity contribution in [2.45, 2.75) is 31.4 Å². The molecule has 2 atom stereocenters. The summed E-state index contributed by atoms with van der Waals surface area (Å²) >= 11 is 0. The summed E-state index contributed by atoms with van der Waals surface area (Å²) in [5, 5.41) is 12.1. The van der Waals surface area contributed by atoms with Crippen LogP contribution in [-0.4, -0.2) is 34.1 Å². The van der Waals surface area contributed by atoms with E-state index in [-0.39, 0.29) is 11.5 Å². The van der Waals surface area contributed by atoms with E-state index in [4.69, 9.17) is 0 Å². The second kappa shape index (κ2) is 5.18. The molecule has 22 heavy (non-hydrogen) atoms. The van der Waals surface area contributed by atoms with Gasteiger partial charge in [0.2, 0.25) is 0 Å². The van der Waals surface area contributed by atoms with Crippen LogP contribution in [0.2, 0.25) is 0 Å². The van der Waals surface area contributed by atoms with Crippen LogP contribution in [0, 0.1) is 5.41 Å². The van der Waals surface area contributed by atoms with Crippen molar-refractivity contribution < 1.29 is 5.11 Å². The summed E-state index contributed by atoms with van der Waals surface area (Å²) in [5.41, 5.74) is 2.18. The number of para-hydroxylation sites is 1. The summed E-state index contributed by atoms with van der Waals surface area (Å²) in [5.74, 6) is 0. The molecule has 0 amide bonds. The van der Waals surface area contributed by atoms with Crippen LogP contribution in [-0.2, 0) is 0 Å². The smallest absolute Gasteiger partial charge is 0.0952 e. The van der Waals surface area contributed by atoms with Crippen LogP contribution in [0.3, 0.4) is 0 Å². The van der Waals surface area contributed by atoms with E-state index >= 15 is 0 Å². The summed E-state index contributed by atoms with van der Waals surface area (Å²) in [6.45, 7) is 6.19. The molecule has 3 saturated heterocycles. The highest BCUT2D eigenvalue weighted by molar-refractivity contribution is 5.82. The van der Waals surface area contributed by atoms with Crippen molar-refractivity contribution in [3.63, 3.8) is 0 Å². The molecule has 5 rings (SSSR count). The number of aliphatic hydroxyl groups excluding tert-OH is 1. The van der Waals surface area contributed by atoms with Gasteiger partial charge in [-0.15, -0.1) is 6.58 Å². The minimum Gasteiger partial charge on any atom is -0.387 e. The molecule has 2 bridgehead atoms. The number of allylic oxidation sites excluding steroid dienone is 1. The maximum Gasteiger partial charge on any atom is 0.0952 e. The molecule has 114 valence electrons. The maximum atomic E-state index is 11.1. The van der Waals surface area contributed by atoms with Crippen LogP contribution < -0.4 is 0 Å². The molecule has 0 radical (unpaired) electrons. The van der Waals surface area contributed by atoms with Crippen LogP contribution in [0.15, 0.2) is 49.2 Å². The quantitative estimate of drug-likeness (QED) is 0.882. The van der Waals surface area contributed by atoms with Crippen LogP contribution in [0.4, 0.5) is 0 Å². The molecule has 3 aliphatic rings. The molecule has 2 aromatic rings. The van der Waals surface area contributed by atoms with Gasteiger partial charge >= 0.3 is 0 Å². The van der Waals surface area contributed by atoms with Gasteiger partial charge in [0.25, 0.3) is 0 Å². The number of hydrogen-bond donors (Lipinski definition) is 1. The molecule has 1 aromatic heterocycles. The van der Waals surface area contributed by atoms with Crippen molar-refractivity contribution in [3.8, 4) is 0 Å². The van der Waals surface area contributed by atoms with Gasteiger partial charge in [0, 0.05) is 17.6 Å². The Labute approximate surface area is 131 Å². The van der Waals surface area contributed by atoms with E-state index in [1.165, 1.54) is 12.8 Å². The van der Waals surface area contributed by atoms with E-state index in [2.05, 4.69) is 28.6 Å². The summed E-state index contributed by atoms with van der Waals surface area (Å²) in [7, 11) is 0. The summed E-state index contributed by atoms with van der Waals surface area (Å²) in [6.07, 6.45) is 6.84. The second-order valence-electron chi connectivity index (χ2n) is 6.74. The van der Waals surface area contributed by atoms with Gasteiger partial charge in [-0.25, -0.2) is 0 Å². The third-order valence-corrected chi connectivity index (χ3v) is 5.68. The Balaban J connectivity index is 1.72. The summed E-state index contributed by atoms with van der Waals surface area (Å²) < 4.78 is 0. The van der Waals surface area contributed by atoms with E-state index in [0.29, 0.717) is 0 Å². The molecule has 3 heteroatoms. The highest BCUT2D eigenvalue weighted by Gasteiger charge is 2.45. The fraction of sp³-hybridized carbons (Fsp3) is 0.421. The first-order chi connectivity index (χ1) is 10.7. The Hall–Kier alpha value is -1.71. The van der Waals surface area contributed by atoms with Crippen molar-refractivity contribution in [2.75, 3.05) is 13.1 Å². The molecule has 1 aromatic carbocycles. The first-order valence-corrected chi connectivity index (χ1v) is 8.12. The van der Waals surface area contributed by atoms with Crippen LogP contribution >= 0.6 is 0 Å². The van der Waals surface area contributed by atoms with E-state index in [0.717, 1.165) is 36.0 Å². The van der Waals surface area contributed by atoms with Gasteiger partial charge in [-0.05, 0) is 55.5 Å². The molecule has 0 unspecified atom stereocenters. The largest absolute Gasteiger partial charge is 0.387 e. The van der Waals surface area contributed by atoms with E-state index in [9.17, 15) is 5.11 Å². The lowest BCUT2D eigenvalue weighted by atomic mass is 9.67. The van der Waals surface area contributed by atoms with Crippen molar-refractivity contribution in [1.29, 1.82) is 0 Å². The molecule has 1 N–H and O–H groups in total. The Bertz CT molecular complexity index is 698. The number of nitrogens with zero attached hydrogens (tertiary/aromatic N) is 2. The van der Waals surface area contributed by atoms with Crippen molar-refractivity contribution in [1.82, 2.24) is 9.88 Å². The topological polar surface area (TPSA) is 36.4 Å². The highest BCUT2D eigenvalue weighted by Crippen LogP contribution is 2.47. The minimum atomic E-state index is -0.465. The lowest BCUT2D eigenvalue weighted by Gasteiger charge is -2.53. The van der Waals surface area contributed by atoms with E-state index in [1.54, 1.807) is 6.20 Å². The zero-order valence-corrected chi connectivity index (χ0v) is 12.8. The lowest BCUT2D eigenvalue weighted by Crippen LogP contribution is -2.55. The summed E-state index contributed by atoms with van der Waals surface area (Å²) in [4.78, 5) is 6.86. The molecule has 3 aliphatic heterocycles. The Morgan fingerprint density at radius 3 is 2.82 bits per heavy atom. The normalized spacial score (nSPS) is 32.0. The van der Waals surface area contributed by atoms with Crippen LogP contribution in [0.5, 0.6) is 0 Å². The number of benzene rings is 1. The fourth-order valence-corrected chi connectivity index (χ4v) is 4.23. The number of piperidine rings is 3. The number of fused-ring (bicyclic) bond motifs is 4. The third kappa shape index (κ3) is 2.08. The number of aliphatic hydroxyl groups is 1. The molecule has 3 nitrogen and oxygen atoms in total. The van der Waals surface area contributed by atoms with Gasteiger partial charge < -0.3 is 5.11 Å². The SMILES string of the molecule is C=CC12CCN(CC1)[C@@H]([C@H](O)c1ccnc3ccccc13)C2. The second-order valence-corrected chi connectivity index (χ2v) is 6.74. The first-order valence-electron chi connectivity index (χ1n) is 8.12. The van der Waals surface area contributed by atoms with Gasteiger partial charge in [0.05, 0.1) is 11.6 Å². The van der Waals surface area contributed by atoms with Crippen molar-refractivity contribution >= 4 is 10.9 Å². The Kier molecular flexibility index (Phi) is 3.28. The van der Waals surface area contributed by atoms with Crippen molar-refractivity contribution in [2.24, 2.45) is 5.41 Å². The molecular weight excluding hydrogens is 272 g/mol. The van der Waals surface area contributed by atoms with Gasteiger partial charge in [0.15, 0.2) is 0 Å². The van der Waals surface area contributed by atoms with Gasteiger partial charge in [-0.3, -0.25) is 9.88 Å². The lowest BCUT2D eigenvalue weighted by molar-refractivity contribution is -0.0522. The predicted octanol–water partition coefficient (Wildman–Crippen LogP) is 3.31. The van der Waals surface area contributed by atoms with Gasteiger partial charge in [0.1, 0.15) is 0 Å². The van der Waals surface area contributed by atoms with Gasteiger partial charge in [-0.2, -0.15) is 0 Å². The van der Waals surface area contributed by atoms with E-state index in [1.807, 2.05) is 24.3 Å². The number of aromatic nitrogens is 1. The van der Waals surface area contributed by atoms with Crippen molar-refractivity contribution in [3.05, 3.63) is 54.7 Å². The molecular formula is C19H22N2O. The Morgan fingerprint density at radius 1 is 1.27 bits per heavy atom. The molecule has 0 saturated carbocycles. The average Bonchev–Trinajstić information content (AvgIpc) is 2.61. The molecule has 3 fully saturated rings. The average molecular weight is 294 g/mol. The summed E-state index contributed by atoms with van der Waals surface area (Å²) in [6, 6.07) is 10.2. The zero-order chi connectivity index (χ0) is 15.2. The number of pyridine rings is 1. The minimum absolute atomic E-state index is 0.186. The monoisotopic (exact) mass is 294 g/mol. The number of hydrogen-bond acceptors (Lipinski definition) is 3. The van der Waals surface area contributed by atoms with E-state index < -0.39 is 6.10 Å². The highest BCUT2D eigenvalue weighted by atomic mass is 16.3. The standard InChI is InChI=1S/C19H22N2O/c1-2-19-8-11-21(12-9-19)17(13-19)18(22)15-7-10-20-16-6-4-3-5-14(15)16/h2-7,10,17-18,22H,1,8-9,11-13H2/t17-,18-/m1/s1.